The van der Waals surface area contributed by atoms with Crippen LogP contribution in [0.2, 0.25) is 0 Å². The molecular formula is C31H30N6O. The van der Waals surface area contributed by atoms with Gasteiger partial charge in [-0.15, -0.1) is 10.2 Å². The van der Waals surface area contributed by atoms with Crippen LogP contribution in [0, 0.1) is 11.8 Å². The number of nitrogens with one attached hydrogen (secondary N) is 1. The monoisotopic (exact) mass is 502 g/mol. The lowest BCUT2D eigenvalue weighted by atomic mass is 9.96. The molecule has 3 heterocycles. The van der Waals surface area contributed by atoms with Gasteiger partial charge in [0.05, 0.1) is 0 Å². The molecule has 4 aliphatic rings. The molecule has 1 amide bonds. The van der Waals surface area contributed by atoms with E-state index in [1.54, 1.807) is 6.20 Å². The summed E-state index contributed by atoms with van der Waals surface area (Å²) < 4.78 is 2.19. The molecule has 2 fully saturated rings. The van der Waals surface area contributed by atoms with E-state index in [4.69, 9.17) is 4.99 Å². The number of carbonyl (C=O) groups is 1. The molecule has 0 radical (unpaired) electrons. The van der Waals surface area contributed by atoms with E-state index in [0.29, 0.717) is 29.3 Å². The summed E-state index contributed by atoms with van der Waals surface area (Å²) in [5, 5.41) is 11.7. The molecule has 7 rings (SSSR count). The Morgan fingerprint density at radius 3 is 2.89 bits per heavy atom. The molecule has 0 bridgehead atoms. The van der Waals surface area contributed by atoms with Gasteiger partial charge in [-0.05, 0) is 68.0 Å². The van der Waals surface area contributed by atoms with Crippen LogP contribution in [-0.2, 0) is 0 Å². The Bertz CT molecular complexity index is 1510. The summed E-state index contributed by atoms with van der Waals surface area (Å²) in [5.74, 6) is 1.99. The highest BCUT2D eigenvalue weighted by Crippen LogP contribution is 2.51. The lowest BCUT2D eigenvalue weighted by molar-refractivity contribution is 0.102. The number of rotatable bonds is 7. The Labute approximate surface area is 222 Å². The summed E-state index contributed by atoms with van der Waals surface area (Å²) in [6, 6.07) is 12.0. The van der Waals surface area contributed by atoms with Crippen molar-refractivity contribution in [2.75, 3.05) is 11.9 Å². The Hall–Kier alpha value is -4.13. The topological polar surface area (TPSA) is 85.1 Å². The van der Waals surface area contributed by atoms with Crippen LogP contribution in [0.5, 0.6) is 0 Å². The quantitative estimate of drug-likeness (QED) is 0.434. The van der Waals surface area contributed by atoms with Crippen molar-refractivity contribution in [1.82, 2.24) is 19.7 Å². The number of hydrogen-bond donors (Lipinski definition) is 1. The van der Waals surface area contributed by atoms with Crippen LogP contribution >= 0.6 is 0 Å². The summed E-state index contributed by atoms with van der Waals surface area (Å²) >= 11 is 0. The van der Waals surface area contributed by atoms with Gasteiger partial charge in [-0.3, -0.25) is 14.8 Å². The zero-order valence-electron chi connectivity index (χ0n) is 21.2. The van der Waals surface area contributed by atoms with E-state index in [1.807, 2.05) is 42.7 Å². The van der Waals surface area contributed by atoms with Crippen LogP contribution in [0.25, 0.3) is 11.4 Å². The maximum Gasteiger partial charge on any atom is 0.274 e. The molecule has 0 saturated heterocycles. The van der Waals surface area contributed by atoms with Crippen LogP contribution in [0.3, 0.4) is 0 Å². The number of allylic oxidation sites excluding steroid dienone is 5. The number of benzene rings is 1. The van der Waals surface area contributed by atoms with Gasteiger partial charge in [0.1, 0.15) is 12.0 Å². The van der Waals surface area contributed by atoms with Gasteiger partial charge in [0.2, 0.25) is 0 Å². The first-order valence-corrected chi connectivity index (χ1v) is 13.6. The van der Waals surface area contributed by atoms with Crippen molar-refractivity contribution in [3.8, 4) is 11.4 Å². The van der Waals surface area contributed by atoms with E-state index >= 15 is 0 Å². The minimum Gasteiger partial charge on any atom is -0.321 e. The maximum absolute atomic E-state index is 13.1. The molecule has 38 heavy (non-hydrogen) atoms. The first kappa shape index (κ1) is 23.0. The summed E-state index contributed by atoms with van der Waals surface area (Å²) in [6.45, 7) is 0.728. The molecule has 3 unspecified atom stereocenters. The van der Waals surface area contributed by atoms with Crippen molar-refractivity contribution in [2.24, 2.45) is 16.8 Å². The molecule has 1 N–H and O–H groups in total. The Kier molecular flexibility index (Phi) is 5.84. The van der Waals surface area contributed by atoms with Crippen LogP contribution < -0.4 is 5.32 Å². The molecule has 2 aromatic heterocycles. The van der Waals surface area contributed by atoms with Crippen molar-refractivity contribution in [1.29, 1.82) is 0 Å². The number of carbonyl (C=O) groups excluding carboxylic acids is 1. The van der Waals surface area contributed by atoms with Crippen molar-refractivity contribution >= 4 is 17.3 Å². The van der Waals surface area contributed by atoms with Crippen LogP contribution in [0.4, 0.5) is 5.69 Å². The minimum atomic E-state index is -0.230. The highest BCUT2D eigenvalue weighted by Gasteiger charge is 2.42. The van der Waals surface area contributed by atoms with Gasteiger partial charge in [-0.1, -0.05) is 42.0 Å². The van der Waals surface area contributed by atoms with E-state index < -0.39 is 0 Å². The second-order valence-electron chi connectivity index (χ2n) is 10.7. The van der Waals surface area contributed by atoms with Crippen molar-refractivity contribution in [3.05, 3.63) is 96.1 Å². The molecule has 3 aromatic rings. The van der Waals surface area contributed by atoms with E-state index in [1.165, 1.54) is 24.1 Å². The molecule has 0 spiro atoms. The number of anilines is 1. The predicted octanol–water partition coefficient (Wildman–Crippen LogP) is 5.93. The van der Waals surface area contributed by atoms with Gasteiger partial charge >= 0.3 is 0 Å². The molecule has 3 aliphatic carbocycles. The van der Waals surface area contributed by atoms with E-state index in [0.717, 1.165) is 42.8 Å². The number of amides is 1. The van der Waals surface area contributed by atoms with Crippen molar-refractivity contribution in [2.45, 2.75) is 44.1 Å². The van der Waals surface area contributed by atoms with Crippen LogP contribution in [0.15, 0.2) is 89.9 Å². The Balaban J connectivity index is 1.05. The lowest BCUT2D eigenvalue weighted by Gasteiger charge is -2.16. The normalized spacial score (nSPS) is 24.1. The Morgan fingerprint density at radius 2 is 2.08 bits per heavy atom. The molecular weight excluding hydrogens is 472 g/mol. The molecule has 2 saturated carbocycles. The summed E-state index contributed by atoms with van der Waals surface area (Å²) in [4.78, 5) is 22.3. The molecule has 3 atom stereocenters. The third kappa shape index (κ3) is 4.64. The standard InChI is InChI=1S/C31H30N6O/c38-31(28-16-22(13-14-32-28)24-11-12-27(33-18-24)21-9-10-21)35-25-8-4-7-23(15-25)30-36-34-19-37(30)29-17-26(29)20-5-2-1-3-6-20/h1-2,4-5,7-8,11-16,19,21,24,26,29H,3,6,9-10,17-18H2,(H,35,38). The highest BCUT2D eigenvalue weighted by atomic mass is 16.1. The largest absolute Gasteiger partial charge is 0.321 e. The second kappa shape index (κ2) is 9.63. The van der Waals surface area contributed by atoms with E-state index in [-0.39, 0.29) is 11.8 Å². The van der Waals surface area contributed by atoms with Gasteiger partial charge in [-0.25, -0.2) is 0 Å². The number of pyridine rings is 1. The van der Waals surface area contributed by atoms with Crippen LogP contribution in [-0.4, -0.2) is 37.9 Å². The first-order chi connectivity index (χ1) is 18.7. The number of hydrogen-bond acceptors (Lipinski definition) is 5. The van der Waals surface area contributed by atoms with E-state index in [2.05, 4.69) is 55.4 Å². The Morgan fingerprint density at radius 1 is 1.13 bits per heavy atom. The fraction of sp³-hybridized carbons (Fsp3) is 0.323. The average Bonchev–Trinajstić information content (AvgIpc) is 3.91. The smallest absolute Gasteiger partial charge is 0.274 e. The predicted molar refractivity (Wildman–Crippen MR) is 148 cm³/mol. The number of aromatic nitrogens is 4. The van der Waals surface area contributed by atoms with Gasteiger partial charge in [0.25, 0.3) is 5.91 Å². The van der Waals surface area contributed by atoms with Gasteiger partial charge in [0, 0.05) is 53.5 Å². The third-order valence-electron chi connectivity index (χ3n) is 8.00. The molecule has 1 aromatic carbocycles. The molecule has 1 aliphatic heterocycles. The van der Waals surface area contributed by atoms with Crippen molar-refractivity contribution < 1.29 is 4.79 Å². The van der Waals surface area contributed by atoms with Gasteiger partial charge < -0.3 is 9.88 Å². The fourth-order valence-electron chi connectivity index (χ4n) is 5.64. The summed E-state index contributed by atoms with van der Waals surface area (Å²) in [6.07, 6.45) is 20.4. The zero-order valence-corrected chi connectivity index (χ0v) is 21.2. The molecule has 7 nitrogen and oxygen atoms in total. The summed E-state index contributed by atoms with van der Waals surface area (Å²) in [5.41, 5.74) is 5.84. The number of nitrogens with zero attached hydrogens (tertiary/aromatic N) is 5. The minimum absolute atomic E-state index is 0.174. The average molecular weight is 503 g/mol. The lowest BCUT2D eigenvalue weighted by Crippen LogP contribution is -2.15. The second-order valence-corrected chi connectivity index (χ2v) is 10.7. The fourth-order valence-corrected chi connectivity index (χ4v) is 5.64. The third-order valence-corrected chi connectivity index (χ3v) is 8.00. The molecule has 190 valence electrons. The van der Waals surface area contributed by atoms with Gasteiger partial charge in [-0.2, -0.15) is 0 Å². The van der Waals surface area contributed by atoms with E-state index in [9.17, 15) is 4.79 Å². The SMILES string of the molecule is O=C(Nc1cccc(-c2nncn2C2CC2C2=CC=CCC2)c1)c1cc(C2C=CC(C3CC3)=NC2)ccn1. The van der Waals surface area contributed by atoms with Crippen molar-refractivity contribution in [3.63, 3.8) is 0 Å². The number of aliphatic imine (C=N–C) groups is 1. The van der Waals surface area contributed by atoms with Gasteiger partial charge in [0.15, 0.2) is 5.82 Å². The highest BCUT2D eigenvalue weighted by molar-refractivity contribution is 6.03. The van der Waals surface area contributed by atoms with Crippen LogP contribution in [0.1, 0.15) is 60.1 Å². The number of dihydropyridines is 1. The molecule has 7 heteroatoms. The summed E-state index contributed by atoms with van der Waals surface area (Å²) in [7, 11) is 0. The maximum atomic E-state index is 13.1. The zero-order chi connectivity index (χ0) is 25.5. The first-order valence-electron chi connectivity index (χ1n) is 13.6.